The maximum Gasteiger partial charge on any atom is 0.253 e. The van der Waals surface area contributed by atoms with Gasteiger partial charge in [0, 0.05) is 18.1 Å². The fraction of sp³-hybridized carbons (Fsp3) is 0.118. The SMILES string of the molecule is O=C(NCCS(=O)(=O)c1ccccc1F)c1cccc2cc[nH]c12. The molecule has 0 spiro atoms. The summed E-state index contributed by atoms with van der Waals surface area (Å²) < 4.78 is 37.9. The Balaban J connectivity index is 1.69. The second-order valence-corrected chi connectivity index (χ2v) is 7.33. The third kappa shape index (κ3) is 3.16. The van der Waals surface area contributed by atoms with E-state index in [4.69, 9.17) is 0 Å². The fourth-order valence-corrected chi connectivity index (χ4v) is 3.72. The van der Waals surface area contributed by atoms with Gasteiger partial charge in [-0.25, -0.2) is 12.8 Å². The van der Waals surface area contributed by atoms with Crippen molar-refractivity contribution < 1.29 is 17.6 Å². The molecule has 2 aromatic carbocycles. The number of aromatic amines is 1. The average molecular weight is 346 g/mol. The minimum Gasteiger partial charge on any atom is -0.361 e. The highest BCUT2D eigenvalue weighted by Gasteiger charge is 2.19. The smallest absolute Gasteiger partial charge is 0.253 e. The van der Waals surface area contributed by atoms with Crippen LogP contribution < -0.4 is 5.32 Å². The van der Waals surface area contributed by atoms with Gasteiger partial charge in [-0.3, -0.25) is 4.79 Å². The van der Waals surface area contributed by atoms with Gasteiger partial charge >= 0.3 is 0 Å². The molecule has 5 nitrogen and oxygen atoms in total. The zero-order valence-corrected chi connectivity index (χ0v) is 13.4. The van der Waals surface area contributed by atoms with Crippen molar-refractivity contribution in [3.63, 3.8) is 0 Å². The fourth-order valence-electron chi connectivity index (χ4n) is 2.48. The summed E-state index contributed by atoms with van der Waals surface area (Å²) in [5, 5.41) is 3.46. The molecule has 124 valence electrons. The van der Waals surface area contributed by atoms with E-state index < -0.39 is 15.7 Å². The minimum absolute atomic E-state index is 0.105. The van der Waals surface area contributed by atoms with Crippen molar-refractivity contribution in [2.24, 2.45) is 0 Å². The van der Waals surface area contributed by atoms with Crippen LogP contribution >= 0.6 is 0 Å². The van der Waals surface area contributed by atoms with Crippen molar-refractivity contribution in [2.75, 3.05) is 12.3 Å². The summed E-state index contributed by atoms with van der Waals surface area (Å²) in [5.41, 5.74) is 1.12. The lowest BCUT2D eigenvalue weighted by molar-refractivity contribution is 0.0957. The highest BCUT2D eigenvalue weighted by molar-refractivity contribution is 7.91. The Bertz CT molecular complexity index is 996. The van der Waals surface area contributed by atoms with Gasteiger partial charge in [-0.1, -0.05) is 24.3 Å². The standard InChI is InChI=1S/C17H15FN2O3S/c18-14-6-1-2-7-15(14)24(22,23)11-10-20-17(21)13-5-3-4-12-8-9-19-16(12)13/h1-9,19H,10-11H2,(H,20,21). The Labute approximate surface area is 138 Å². The summed E-state index contributed by atoms with van der Waals surface area (Å²) in [6.07, 6.45) is 1.73. The van der Waals surface area contributed by atoms with Gasteiger partial charge in [-0.05, 0) is 24.3 Å². The zero-order valence-electron chi connectivity index (χ0n) is 12.6. The molecule has 1 amide bonds. The van der Waals surface area contributed by atoms with Crippen LogP contribution in [0.4, 0.5) is 4.39 Å². The molecule has 0 fully saturated rings. The highest BCUT2D eigenvalue weighted by atomic mass is 32.2. The van der Waals surface area contributed by atoms with Gasteiger partial charge in [0.15, 0.2) is 9.84 Å². The van der Waals surface area contributed by atoms with E-state index in [1.165, 1.54) is 18.2 Å². The third-order valence-electron chi connectivity index (χ3n) is 3.66. The first-order chi connectivity index (χ1) is 11.5. The van der Waals surface area contributed by atoms with Gasteiger partial charge < -0.3 is 10.3 Å². The summed E-state index contributed by atoms with van der Waals surface area (Å²) in [6.45, 7) is -0.105. The summed E-state index contributed by atoms with van der Waals surface area (Å²) in [6, 6.07) is 12.3. The van der Waals surface area contributed by atoms with E-state index in [2.05, 4.69) is 10.3 Å². The van der Waals surface area contributed by atoms with E-state index in [1.807, 2.05) is 12.1 Å². The van der Waals surface area contributed by atoms with Crippen LogP contribution in [0.15, 0.2) is 59.6 Å². The predicted molar refractivity (Wildman–Crippen MR) is 89.1 cm³/mol. The lowest BCUT2D eigenvalue weighted by atomic mass is 10.1. The number of nitrogens with one attached hydrogen (secondary N) is 2. The molecule has 24 heavy (non-hydrogen) atoms. The zero-order chi connectivity index (χ0) is 17.2. The van der Waals surface area contributed by atoms with E-state index in [-0.39, 0.29) is 23.1 Å². The first-order valence-corrected chi connectivity index (χ1v) is 8.96. The van der Waals surface area contributed by atoms with Crippen LogP contribution in [0.1, 0.15) is 10.4 Å². The molecule has 3 aromatic rings. The van der Waals surface area contributed by atoms with Gasteiger partial charge in [-0.2, -0.15) is 0 Å². The van der Waals surface area contributed by atoms with Crippen molar-refractivity contribution in [1.29, 1.82) is 0 Å². The normalized spacial score (nSPS) is 11.5. The van der Waals surface area contributed by atoms with Crippen LogP contribution in [0, 0.1) is 5.82 Å². The van der Waals surface area contributed by atoms with Crippen molar-refractivity contribution in [2.45, 2.75) is 4.90 Å². The first-order valence-electron chi connectivity index (χ1n) is 7.30. The molecule has 1 heterocycles. The Morgan fingerprint density at radius 2 is 1.88 bits per heavy atom. The van der Waals surface area contributed by atoms with Crippen LogP contribution in [0.2, 0.25) is 0 Å². The minimum atomic E-state index is -3.80. The molecule has 0 aliphatic rings. The molecule has 1 aromatic heterocycles. The van der Waals surface area contributed by atoms with Crippen LogP contribution in [0.25, 0.3) is 10.9 Å². The van der Waals surface area contributed by atoms with Crippen LogP contribution in [-0.4, -0.2) is 31.6 Å². The first kappa shape index (κ1) is 16.2. The Kier molecular flexibility index (Phi) is 4.35. The predicted octanol–water partition coefficient (Wildman–Crippen LogP) is 2.51. The number of benzene rings is 2. The van der Waals surface area contributed by atoms with E-state index in [1.54, 1.807) is 18.3 Å². The Morgan fingerprint density at radius 3 is 2.67 bits per heavy atom. The molecule has 3 rings (SSSR count). The number of carbonyl (C=O) groups is 1. The number of aromatic nitrogens is 1. The largest absolute Gasteiger partial charge is 0.361 e. The van der Waals surface area contributed by atoms with Crippen molar-refractivity contribution in [3.05, 3.63) is 66.1 Å². The van der Waals surface area contributed by atoms with Gasteiger partial charge in [0.25, 0.3) is 5.91 Å². The molecule has 0 bridgehead atoms. The molecule has 0 saturated carbocycles. The lowest BCUT2D eigenvalue weighted by Gasteiger charge is -2.08. The number of carbonyl (C=O) groups excluding carboxylic acids is 1. The second-order valence-electron chi connectivity index (χ2n) is 5.25. The van der Waals surface area contributed by atoms with Crippen molar-refractivity contribution >= 4 is 26.6 Å². The maximum atomic E-state index is 13.6. The van der Waals surface area contributed by atoms with Crippen LogP contribution in [0.5, 0.6) is 0 Å². The topological polar surface area (TPSA) is 79.0 Å². The molecular weight excluding hydrogens is 331 g/mol. The molecule has 7 heteroatoms. The van der Waals surface area contributed by atoms with E-state index in [9.17, 15) is 17.6 Å². The molecule has 0 radical (unpaired) electrons. The lowest BCUT2D eigenvalue weighted by Crippen LogP contribution is -2.29. The van der Waals surface area contributed by atoms with Crippen LogP contribution in [-0.2, 0) is 9.84 Å². The number of sulfone groups is 1. The molecule has 0 aliphatic heterocycles. The molecule has 0 aliphatic carbocycles. The molecule has 2 N–H and O–H groups in total. The number of hydrogen-bond acceptors (Lipinski definition) is 3. The number of H-pyrrole nitrogens is 1. The molecule has 0 unspecified atom stereocenters. The highest BCUT2D eigenvalue weighted by Crippen LogP contribution is 2.17. The maximum absolute atomic E-state index is 13.6. The number of halogens is 1. The van der Waals surface area contributed by atoms with E-state index >= 15 is 0 Å². The molecular formula is C17H15FN2O3S. The van der Waals surface area contributed by atoms with E-state index in [0.717, 1.165) is 11.5 Å². The van der Waals surface area contributed by atoms with Gasteiger partial charge in [0.1, 0.15) is 10.7 Å². The summed E-state index contributed by atoms with van der Waals surface area (Å²) in [4.78, 5) is 14.9. The molecule has 0 atom stereocenters. The summed E-state index contributed by atoms with van der Waals surface area (Å²) in [7, 11) is -3.80. The van der Waals surface area contributed by atoms with Gasteiger partial charge in [0.05, 0.1) is 16.8 Å². The number of amides is 1. The Hall–Kier alpha value is -2.67. The number of para-hydroxylation sites is 1. The monoisotopic (exact) mass is 346 g/mol. The number of fused-ring (bicyclic) bond motifs is 1. The summed E-state index contributed by atoms with van der Waals surface area (Å²) >= 11 is 0. The molecule has 0 saturated heterocycles. The Morgan fingerprint density at radius 1 is 1.08 bits per heavy atom. The summed E-state index contributed by atoms with van der Waals surface area (Å²) in [5.74, 6) is -1.55. The van der Waals surface area contributed by atoms with Crippen molar-refractivity contribution in [3.8, 4) is 0 Å². The number of rotatable bonds is 5. The van der Waals surface area contributed by atoms with Crippen LogP contribution in [0.3, 0.4) is 0 Å². The van der Waals surface area contributed by atoms with Gasteiger partial charge in [0.2, 0.25) is 0 Å². The van der Waals surface area contributed by atoms with Gasteiger partial charge in [-0.15, -0.1) is 0 Å². The number of hydrogen-bond donors (Lipinski definition) is 2. The van der Waals surface area contributed by atoms with E-state index in [0.29, 0.717) is 11.1 Å². The third-order valence-corrected chi connectivity index (χ3v) is 5.40. The average Bonchev–Trinajstić information content (AvgIpc) is 3.03. The van der Waals surface area contributed by atoms with Crippen molar-refractivity contribution in [1.82, 2.24) is 10.3 Å². The second kappa shape index (κ2) is 6.45. The quantitative estimate of drug-likeness (QED) is 0.745.